The van der Waals surface area contributed by atoms with Crippen molar-refractivity contribution >= 4 is 11.3 Å². The van der Waals surface area contributed by atoms with Gasteiger partial charge in [0.15, 0.2) is 11.6 Å². The van der Waals surface area contributed by atoms with Crippen LogP contribution >= 0.6 is 11.3 Å². The molecule has 1 aliphatic rings. The molecular weight excluding hydrogens is 228 g/mol. The van der Waals surface area contributed by atoms with E-state index in [1.807, 2.05) is 5.38 Å². The van der Waals surface area contributed by atoms with Gasteiger partial charge in [-0.25, -0.2) is 13.8 Å². The summed E-state index contributed by atoms with van der Waals surface area (Å²) in [5, 5.41) is 3.01. The molecule has 1 fully saturated rings. The van der Waals surface area contributed by atoms with Gasteiger partial charge in [-0.05, 0) is 31.0 Å². The summed E-state index contributed by atoms with van der Waals surface area (Å²) in [4.78, 5) is 4.44. The maximum absolute atomic E-state index is 13.0. The van der Waals surface area contributed by atoms with Crippen molar-refractivity contribution in [2.45, 2.75) is 18.8 Å². The molecule has 4 heteroatoms. The number of halogens is 2. The van der Waals surface area contributed by atoms with Gasteiger partial charge in [-0.2, -0.15) is 0 Å². The maximum Gasteiger partial charge on any atom is 0.159 e. The molecule has 16 heavy (non-hydrogen) atoms. The first-order chi connectivity index (χ1) is 7.74. The van der Waals surface area contributed by atoms with Gasteiger partial charge in [0.05, 0.1) is 10.7 Å². The molecule has 3 rings (SSSR count). The van der Waals surface area contributed by atoms with Crippen molar-refractivity contribution in [3.63, 3.8) is 0 Å². The van der Waals surface area contributed by atoms with Crippen LogP contribution in [0.5, 0.6) is 0 Å². The molecule has 0 radical (unpaired) electrons. The van der Waals surface area contributed by atoms with Crippen LogP contribution in [-0.2, 0) is 0 Å². The van der Waals surface area contributed by atoms with Crippen molar-refractivity contribution in [1.82, 2.24) is 4.98 Å². The lowest BCUT2D eigenvalue weighted by Gasteiger charge is -1.97. The molecule has 1 saturated carbocycles. The van der Waals surface area contributed by atoms with E-state index in [2.05, 4.69) is 4.98 Å². The number of rotatable bonds is 2. The fraction of sp³-hybridized carbons (Fsp3) is 0.250. The first-order valence-electron chi connectivity index (χ1n) is 5.15. The monoisotopic (exact) mass is 237 g/mol. The third-order valence-corrected chi connectivity index (χ3v) is 3.67. The predicted octanol–water partition coefficient (Wildman–Crippen LogP) is 3.97. The Hall–Kier alpha value is -1.29. The van der Waals surface area contributed by atoms with Crippen molar-refractivity contribution < 1.29 is 8.78 Å². The second-order valence-corrected chi connectivity index (χ2v) is 4.86. The summed E-state index contributed by atoms with van der Waals surface area (Å²) in [5.41, 5.74) is 1.38. The van der Waals surface area contributed by atoms with Crippen molar-refractivity contribution in [2.24, 2.45) is 0 Å². The zero-order chi connectivity index (χ0) is 11.1. The fourth-order valence-electron chi connectivity index (χ4n) is 1.59. The average Bonchev–Trinajstić information content (AvgIpc) is 3.01. The molecule has 0 spiro atoms. The minimum absolute atomic E-state index is 0.601. The number of nitrogens with zero attached hydrogens (tertiary/aromatic N) is 1. The molecule has 1 heterocycles. The number of hydrogen-bond acceptors (Lipinski definition) is 2. The average molecular weight is 237 g/mol. The lowest BCUT2D eigenvalue weighted by molar-refractivity contribution is 0.509. The highest BCUT2D eigenvalue weighted by molar-refractivity contribution is 7.10. The Balaban J connectivity index is 1.97. The Bertz CT molecular complexity index is 532. The van der Waals surface area contributed by atoms with Crippen LogP contribution in [0.3, 0.4) is 0 Å². The summed E-state index contributed by atoms with van der Waals surface area (Å²) in [6, 6.07) is 3.89. The van der Waals surface area contributed by atoms with Crippen LogP contribution in [0.4, 0.5) is 8.78 Å². The standard InChI is InChI=1S/C12H9F2NS/c13-9-4-3-8(5-10(9)14)11-6-16-12(15-11)7-1-2-7/h3-7H,1-2H2. The molecule has 82 valence electrons. The summed E-state index contributed by atoms with van der Waals surface area (Å²) in [6.45, 7) is 0. The second-order valence-electron chi connectivity index (χ2n) is 3.97. The van der Waals surface area contributed by atoms with Crippen LogP contribution in [0, 0.1) is 11.6 Å². The molecule has 0 N–H and O–H groups in total. The molecule has 0 atom stereocenters. The molecule has 0 unspecified atom stereocenters. The lowest BCUT2D eigenvalue weighted by Crippen LogP contribution is -1.86. The van der Waals surface area contributed by atoms with E-state index in [0.29, 0.717) is 11.5 Å². The third kappa shape index (κ3) is 1.73. The molecule has 0 aliphatic heterocycles. The van der Waals surface area contributed by atoms with Crippen LogP contribution < -0.4 is 0 Å². The van der Waals surface area contributed by atoms with Crippen LogP contribution in [0.2, 0.25) is 0 Å². The van der Waals surface area contributed by atoms with Gasteiger partial charge in [0.1, 0.15) is 0 Å². The van der Waals surface area contributed by atoms with Crippen LogP contribution in [0.15, 0.2) is 23.6 Å². The second kappa shape index (κ2) is 3.63. The Morgan fingerprint density at radius 3 is 2.69 bits per heavy atom. The maximum atomic E-state index is 13.0. The number of thiazole rings is 1. The van der Waals surface area contributed by atoms with Crippen molar-refractivity contribution in [2.75, 3.05) is 0 Å². The van der Waals surface area contributed by atoms with Crippen molar-refractivity contribution in [3.05, 3.63) is 40.2 Å². The van der Waals surface area contributed by atoms with Crippen LogP contribution in [-0.4, -0.2) is 4.98 Å². The predicted molar refractivity (Wildman–Crippen MR) is 59.4 cm³/mol. The largest absolute Gasteiger partial charge is 0.241 e. The summed E-state index contributed by atoms with van der Waals surface area (Å²) >= 11 is 1.60. The first kappa shape index (κ1) is 9.90. The Labute approximate surface area is 95.8 Å². The first-order valence-corrected chi connectivity index (χ1v) is 6.03. The number of hydrogen-bond donors (Lipinski definition) is 0. The summed E-state index contributed by atoms with van der Waals surface area (Å²) in [6.07, 6.45) is 2.40. The minimum atomic E-state index is -0.821. The molecule has 1 aromatic carbocycles. The van der Waals surface area contributed by atoms with E-state index in [4.69, 9.17) is 0 Å². The van der Waals surface area contributed by atoms with Gasteiger partial charge in [-0.3, -0.25) is 0 Å². The van der Waals surface area contributed by atoms with E-state index < -0.39 is 11.6 Å². The zero-order valence-electron chi connectivity index (χ0n) is 8.41. The van der Waals surface area contributed by atoms with Crippen molar-refractivity contribution in [3.8, 4) is 11.3 Å². The Morgan fingerprint density at radius 2 is 2.00 bits per heavy atom. The summed E-state index contributed by atoms with van der Waals surface area (Å²) in [7, 11) is 0. The van der Waals surface area contributed by atoms with Gasteiger partial charge in [0.2, 0.25) is 0 Å². The van der Waals surface area contributed by atoms with Gasteiger partial charge in [-0.1, -0.05) is 0 Å². The topological polar surface area (TPSA) is 12.9 Å². The van der Waals surface area contributed by atoms with Gasteiger partial charge >= 0.3 is 0 Å². The SMILES string of the molecule is Fc1ccc(-c2csc(C3CC3)n2)cc1F. The number of benzene rings is 1. The smallest absolute Gasteiger partial charge is 0.159 e. The fourth-order valence-corrected chi connectivity index (χ4v) is 2.59. The van der Waals surface area contributed by atoms with E-state index in [1.54, 1.807) is 17.4 Å². The quantitative estimate of drug-likeness (QED) is 0.770. The van der Waals surface area contributed by atoms with Crippen LogP contribution in [0.25, 0.3) is 11.3 Å². The van der Waals surface area contributed by atoms with Gasteiger partial charge < -0.3 is 0 Å². The molecule has 0 saturated heterocycles. The third-order valence-electron chi connectivity index (χ3n) is 2.66. The highest BCUT2D eigenvalue weighted by Gasteiger charge is 2.26. The minimum Gasteiger partial charge on any atom is -0.241 e. The highest BCUT2D eigenvalue weighted by Crippen LogP contribution is 2.42. The lowest BCUT2D eigenvalue weighted by atomic mass is 10.1. The van der Waals surface area contributed by atoms with E-state index in [-0.39, 0.29) is 0 Å². The zero-order valence-corrected chi connectivity index (χ0v) is 9.23. The normalized spacial score (nSPS) is 15.4. The Morgan fingerprint density at radius 1 is 1.19 bits per heavy atom. The molecular formula is C12H9F2NS. The van der Waals surface area contributed by atoms with Gasteiger partial charge in [0, 0.05) is 16.9 Å². The molecule has 1 aromatic heterocycles. The highest BCUT2D eigenvalue weighted by atomic mass is 32.1. The van der Waals surface area contributed by atoms with E-state index in [0.717, 1.165) is 16.8 Å². The number of aromatic nitrogens is 1. The molecule has 0 amide bonds. The molecule has 1 nitrogen and oxygen atoms in total. The van der Waals surface area contributed by atoms with E-state index in [1.165, 1.54) is 18.9 Å². The summed E-state index contributed by atoms with van der Waals surface area (Å²) < 4.78 is 25.8. The summed E-state index contributed by atoms with van der Waals surface area (Å²) in [5.74, 6) is -1.04. The van der Waals surface area contributed by atoms with E-state index >= 15 is 0 Å². The molecule has 1 aliphatic carbocycles. The molecule has 0 bridgehead atoms. The molecule has 2 aromatic rings. The van der Waals surface area contributed by atoms with Crippen LogP contribution in [0.1, 0.15) is 23.8 Å². The van der Waals surface area contributed by atoms with Gasteiger partial charge in [0.25, 0.3) is 0 Å². The van der Waals surface area contributed by atoms with Crippen molar-refractivity contribution in [1.29, 1.82) is 0 Å². The van der Waals surface area contributed by atoms with Gasteiger partial charge in [-0.15, -0.1) is 11.3 Å². The van der Waals surface area contributed by atoms with E-state index in [9.17, 15) is 8.78 Å². The Kier molecular flexibility index (Phi) is 2.24.